The Hall–Kier alpha value is -1.72. The standard InChI is InChI=1S/C13H14Cl2N4O/c1-3-16-13-17-7-10(15)12(19-13)18-8-4-5-9(14)11(6-8)20-2/h4-7H,3H2,1-2H3,(H2,16,17,18,19). The molecule has 0 saturated carbocycles. The van der Waals surface area contributed by atoms with Crippen LogP contribution in [0.5, 0.6) is 5.75 Å². The molecule has 0 aliphatic rings. The van der Waals surface area contributed by atoms with Gasteiger partial charge in [0.1, 0.15) is 10.8 Å². The smallest absolute Gasteiger partial charge is 0.224 e. The van der Waals surface area contributed by atoms with Crippen molar-refractivity contribution in [3.8, 4) is 5.75 Å². The minimum Gasteiger partial charge on any atom is -0.495 e. The van der Waals surface area contributed by atoms with Crippen LogP contribution in [0.15, 0.2) is 24.4 Å². The number of halogens is 2. The van der Waals surface area contributed by atoms with E-state index in [-0.39, 0.29) is 0 Å². The van der Waals surface area contributed by atoms with Gasteiger partial charge >= 0.3 is 0 Å². The fourth-order valence-electron chi connectivity index (χ4n) is 1.57. The molecule has 1 heterocycles. The molecule has 2 N–H and O–H groups in total. The second-order valence-corrected chi connectivity index (χ2v) is 4.71. The van der Waals surface area contributed by atoms with Crippen LogP contribution in [0.25, 0.3) is 0 Å². The average molecular weight is 313 g/mol. The summed E-state index contributed by atoms with van der Waals surface area (Å²) in [5.74, 6) is 1.61. The largest absolute Gasteiger partial charge is 0.495 e. The third kappa shape index (κ3) is 3.43. The molecular formula is C13H14Cl2N4O. The maximum atomic E-state index is 6.08. The molecular weight excluding hydrogens is 299 g/mol. The Balaban J connectivity index is 2.27. The Morgan fingerprint density at radius 1 is 1.25 bits per heavy atom. The molecule has 1 aromatic carbocycles. The molecule has 0 saturated heterocycles. The maximum absolute atomic E-state index is 6.08. The highest BCUT2D eigenvalue weighted by atomic mass is 35.5. The molecule has 2 rings (SSSR count). The zero-order valence-electron chi connectivity index (χ0n) is 11.1. The summed E-state index contributed by atoms with van der Waals surface area (Å²) in [4.78, 5) is 8.37. The van der Waals surface area contributed by atoms with Crippen molar-refractivity contribution in [1.29, 1.82) is 0 Å². The number of hydrogen-bond donors (Lipinski definition) is 2. The Morgan fingerprint density at radius 3 is 2.75 bits per heavy atom. The van der Waals surface area contributed by atoms with Gasteiger partial charge in [-0.25, -0.2) is 4.98 Å². The Bertz CT molecular complexity index is 607. The summed E-state index contributed by atoms with van der Waals surface area (Å²) in [6.45, 7) is 2.70. The van der Waals surface area contributed by atoms with Crippen molar-refractivity contribution in [2.75, 3.05) is 24.3 Å². The molecule has 0 radical (unpaired) electrons. The third-order valence-corrected chi connectivity index (χ3v) is 3.08. The van der Waals surface area contributed by atoms with Gasteiger partial charge in [0.05, 0.1) is 18.3 Å². The van der Waals surface area contributed by atoms with E-state index in [0.29, 0.717) is 27.6 Å². The first kappa shape index (κ1) is 14.7. The van der Waals surface area contributed by atoms with E-state index in [2.05, 4.69) is 20.6 Å². The lowest BCUT2D eigenvalue weighted by molar-refractivity contribution is 0.415. The van der Waals surface area contributed by atoms with Crippen LogP contribution in [0.1, 0.15) is 6.92 Å². The highest BCUT2D eigenvalue weighted by Gasteiger charge is 2.07. The number of nitrogens with zero attached hydrogens (tertiary/aromatic N) is 2. The van der Waals surface area contributed by atoms with E-state index < -0.39 is 0 Å². The van der Waals surface area contributed by atoms with Crippen LogP contribution in [0.4, 0.5) is 17.5 Å². The minimum atomic E-state index is 0.431. The number of methoxy groups -OCH3 is 1. The summed E-state index contributed by atoms with van der Waals surface area (Å²) in [5, 5.41) is 7.11. The number of anilines is 3. The molecule has 0 unspecified atom stereocenters. The molecule has 0 aliphatic heterocycles. The molecule has 1 aromatic heterocycles. The molecule has 0 spiro atoms. The monoisotopic (exact) mass is 312 g/mol. The van der Waals surface area contributed by atoms with Gasteiger partial charge < -0.3 is 15.4 Å². The van der Waals surface area contributed by atoms with Crippen molar-refractivity contribution in [2.45, 2.75) is 6.92 Å². The quantitative estimate of drug-likeness (QED) is 0.875. The zero-order chi connectivity index (χ0) is 14.5. The van der Waals surface area contributed by atoms with Gasteiger partial charge in [0.25, 0.3) is 0 Å². The van der Waals surface area contributed by atoms with Crippen LogP contribution < -0.4 is 15.4 Å². The number of ether oxygens (including phenoxy) is 1. The van der Waals surface area contributed by atoms with E-state index in [4.69, 9.17) is 27.9 Å². The van der Waals surface area contributed by atoms with Crippen molar-refractivity contribution in [3.05, 3.63) is 34.4 Å². The zero-order valence-corrected chi connectivity index (χ0v) is 12.6. The predicted molar refractivity (Wildman–Crippen MR) is 82.5 cm³/mol. The molecule has 20 heavy (non-hydrogen) atoms. The topological polar surface area (TPSA) is 59.1 Å². The number of benzene rings is 1. The van der Waals surface area contributed by atoms with Gasteiger partial charge in [0.15, 0.2) is 5.82 Å². The first-order valence-electron chi connectivity index (χ1n) is 6.01. The van der Waals surface area contributed by atoms with Crippen LogP contribution in [0.2, 0.25) is 10.0 Å². The fraction of sp³-hybridized carbons (Fsp3) is 0.231. The normalized spacial score (nSPS) is 10.2. The summed E-state index contributed by atoms with van der Waals surface area (Å²) in [6, 6.07) is 5.33. The summed E-state index contributed by atoms with van der Waals surface area (Å²) >= 11 is 12.1. The molecule has 0 fully saturated rings. The van der Waals surface area contributed by atoms with Crippen molar-refractivity contribution in [2.24, 2.45) is 0 Å². The molecule has 5 nitrogen and oxygen atoms in total. The minimum absolute atomic E-state index is 0.431. The number of aromatic nitrogens is 2. The number of hydrogen-bond acceptors (Lipinski definition) is 5. The third-order valence-electron chi connectivity index (χ3n) is 2.49. The molecule has 106 valence electrons. The van der Waals surface area contributed by atoms with E-state index in [1.54, 1.807) is 25.4 Å². The summed E-state index contributed by atoms with van der Waals surface area (Å²) in [5.41, 5.74) is 0.772. The van der Waals surface area contributed by atoms with Gasteiger partial charge in [-0.3, -0.25) is 0 Å². The Morgan fingerprint density at radius 2 is 2.05 bits per heavy atom. The van der Waals surface area contributed by atoms with E-state index >= 15 is 0 Å². The number of nitrogens with one attached hydrogen (secondary N) is 2. The lowest BCUT2D eigenvalue weighted by Crippen LogP contribution is -2.04. The first-order chi connectivity index (χ1) is 9.63. The van der Waals surface area contributed by atoms with E-state index in [0.717, 1.165) is 12.2 Å². The molecule has 0 aliphatic carbocycles. The van der Waals surface area contributed by atoms with Crippen LogP contribution in [-0.4, -0.2) is 23.6 Å². The first-order valence-corrected chi connectivity index (χ1v) is 6.76. The molecule has 2 aromatic rings. The summed E-state index contributed by atoms with van der Waals surface area (Å²) in [6.07, 6.45) is 1.54. The van der Waals surface area contributed by atoms with Crippen molar-refractivity contribution < 1.29 is 4.74 Å². The van der Waals surface area contributed by atoms with Crippen molar-refractivity contribution in [3.63, 3.8) is 0 Å². The van der Waals surface area contributed by atoms with E-state index in [1.807, 2.05) is 13.0 Å². The highest BCUT2D eigenvalue weighted by Crippen LogP contribution is 2.30. The summed E-state index contributed by atoms with van der Waals surface area (Å²) < 4.78 is 5.17. The second kappa shape index (κ2) is 6.63. The second-order valence-electron chi connectivity index (χ2n) is 3.89. The SMILES string of the molecule is CCNc1ncc(Cl)c(Nc2ccc(Cl)c(OC)c2)n1. The fourth-order valence-corrected chi connectivity index (χ4v) is 1.91. The number of rotatable bonds is 5. The van der Waals surface area contributed by atoms with Gasteiger partial charge in [0.2, 0.25) is 5.95 Å². The van der Waals surface area contributed by atoms with Gasteiger partial charge in [-0.15, -0.1) is 0 Å². The molecule has 0 amide bonds. The average Bonchev–Trinajstić information content (AvgIpc) is 2.45. The molecule has 7 heteroatoms. The van der Waals surface area contributed by atoms with E-state index in [9.17, 15) is 0 Å². The van der Waals surface area contributed by atoms with Gasteiger partial charge in [0, 0.05) is 18.3 Å². The van der Waals surface area contributed by atoms with Gasteiger partial charge in [-0.2, -0.15) is 4.98 Å². The van der Waals surface area contributed by atoms with Crippen LogP contribution in [0, 0.1) is 0 Å². The molecule has 0 bridgehead atoms. The van der Waals surface area contributed by atoms with E-state index in [1.165, 1.54) is 0 Å². The van der Waals surface area contributed by atoms with Crippen molar-refractivity contribution >= 4 is 40.7 Å². The highest BCUT2D eigenvalue weighted by molar-refractivity contribution is 6.33. The van der Waals surface area contributed by atoms with Crippen LogP contribution >= 0.6 is 23.2 Å². The summed E-state index contributed by atoms with van der Waals surface area (Å²) in [7, 11) is 1.56. The van der Waals surface area contributed by atoms with Gasteiger partial charge in [-0.05, 0) is 19.1 Å². The maximum Gasteiger partial charge on any atom is 0.224 e. The van der Waals surface area contributed by atoms with Gasteiger partial charge in [-0.1, -0.05) is 23.2 Å². The van der Waals surface area contributed by atoms with Crippen LogP contribution in [0.3, 0.4) is 0 Å². The van der Waals surface area contributed by atoms with Crippen LogP contribution in [-0.2, 0) is 0 Å². The predicted octanol–water partition coefficient (Wildman–Crippen LogP) is 3.97. The lowest BCUT2D eigenvalue weighted by Gasteiger charge is -2.11. The lowest BCUT2D eigenvalue weighted by atomic mass is 10.3. The Labute approximate surface area is 127 Å². The Kier molecular flexibility index (Phi) is 4.87. The molecule has 0 atom stereocenters. The van der Waals surface area contributed by atoms with Crippen molar-refractivity contribution in [1.82, 2.24) is 9.97 Å².